The summed E-state index contributed by atoms with van der Waals surface area (Å²) in [5.41, 5.74) is 1.17. The molecule has 1 aromatic rings. The minimum atomic E-state index is -0.705. The lowest BCUT2D eigenvalue weighted by atomic mass is 10.1. The van der Waals surface area contributed by atoms with Gasteiger partial charge in [-0.1, -0.05) is 0 Å². The Balaban J connectivity index is 1.84. The second-order valence-electron chi connectivity index (χ2n) is 4.25. The van der Waals surface area contributed by atoms with Crippen LogP contribution in [0.3, 0.4) is 0 Å². The van der Waals surface area contributed by atoms with Crippen molar-refractivity contribution in [2.75, 3.05) is 0 Å². The Morgan fingerprint density at radius 1 is 1.57 bits per heavy atom. The van der Waals surface area contributed by atoms with Crippen LogP contribution in [0.1, 0.15) is 30.3 Å². The molecule has 1 fully saturated rings. The van der Waals surface area contributed by atoms with Crippen LogP contribution in [-0.2, 0) is 17.8 Å². The van der Waals surface area contributed by atoms with Crippen molar-refractivity contribution in [3.63, 3.8) is 0 Å². The third-order valence-corrected chi connectivity index (χ3v) is 3.07. The van der Waals surface area contributed by atoms with Crippen molar-refractivity contribution >= 4 is 5.97 Å². The summed E-state index contributed by atoms with van der Waals surface area (Å²) in [7, 11) is 0. The zero-order valence-corrected chi connectivity index (χ0v) is 7.81. The van der Waals surface area contributed by atoms with Crippen LogP contribution in [-0.4, -0.2) is 20.6 Å². The number of hydrogen-bond acceptors (Lipinski definition) is 2. The van der Waals surface area contributed by atoms with Crippen molar-refractivity contribution in [3.05, 3.63) is 17.7 Å². The third kappa shape index (κ3) is 1.14. The fourth-order valence-corrected chi connectivity index (χ4v) is 2.06. The van der Waals surface area contributed by atoms with E-state index in [-0.39, 0.29) is 5.92 Å². The van der Waals surface area contributed by atoms with Gasteiger partial charge in [-0.2, -0.15) is 0 Å². The maximum absolute atomic E-state index is 10.8. The average molecular weight is 192 g/mol. The number of hydrogen-bond donors (Lipinski definition) is 1. The fourth-order valence-electron chi connectivity index (χ4n) is 2.06. The van der Waals surface area contributed by atoms with E-state index in [1.54, 1.807) is 0 Å². The second kappa shape index (κ2) is 2.59. The van der Waals surface area contributed by atoms with E-state index in [0.29, 0.717) is 18.9 Å². The summed E-state index contributed by atoms with van der Waals surface area (Å²) >= 11 is 0. The lowest BCUT2D eigenvalue weighted by Crippen LogP contribution is -2.14. The van der Waals surface area contributed by atoms with E-state index >= 15 is 0 Å². The number of carbonyl (C=O) groups is 1. The minimum absolute atomic E-state index is 0.259. The number of carboxylic acid groups (broad SMARTS) is 1. The molecule has 2 aliphatic rings. The molecule has 0 bridgehead atoms. The van der Waals surface area contributed by atoms with Crippen LogP contribution in [0.25, 0.3) is 0 Å². The average Bonchev–Trinajstić information content (AvgIpc) is 2.76. The Labute approximate surface area is 81.6 Å². The molecule has 1 aliphatic carbocycles. The summed E-state index contributed by atoms with van der Waals surface area (Å²) in [6, 6.07) is 0. The Morgan fingerprint density at radius 3 is 2.93 bits per heavy atom. The predicted molar refractivity (Wildman–Crippen MR) is 49.0 cm³/mol. The molecular weight excluding hydrogens is 180 g/mol. The maximum Gasteiger partial charge on any atom is 0.308 e. The highest BCUT2D eigenvalue weighted by atomic mass is 16.4. The number of rotatable bonds is 2. The van der Waals surface area contributed by atoms with E-state index < -0.39 is 5.97 Å². The van der Waals surface area contributed by atoms with Gasteiger partial charge in [0.25, 0.3) is 0 Å². The quantitative estimate of drug-likeness (QED) is 0.761. The van der Waals surface area contributed by atoms with Gasteiger partial charge in [0.2, 0.25) is 0 Å². The molecule has 4 nitrogen and oxygen atoms in total. The number of aromatic nitrogens is 2. The van der Waals surface area contributed by atoms with Gasteiger partial charge >= 0.3 is 5.97 Å². The van der Waals surface area contributed by atoms with Crippen molar-refractivity contribution in [2.24, 2.45) is 5.92 Å². The van der Waals surface area contributed by atoms with Crippen LogP contribution in [0.2, 0.25) is 0 Å². The van der Waals surface area contributed by atoms with Crippen molar-refractivity contribution in [1.82, 2.24) is 9.55 Å². The molecule has 1 N–H and O–H groups in total. The Kier molecular flexibility index (Phi) is 1.48. The van der Waals surface area contributed by atoms with E-state index in [9.17, 15) is 4.79 Å². The van der Waals surface area contributed by atoms with Crippen LogP contribution in [0.15, 0.2) is 6.20 Å². The summed E-state index contributed by atoms with van der Waals surface area (Å²) in [6.07, 6.45) is 5.13. The molecule has 1 unspecified atom stereocenters. The van der Waals surface area contributed by atoms with E-state index in [1.807, 2.05) is 10.8 Å². The standard InChI is InChI=1S/C10H12N2O2/c13-10(14)7-3-9-11-8(6-1-2-6)5-12(9)4-7/h5-7H,1-4H2,(H,13,14). The second-order valence-corrected chi connectivity index (χ2v) is 4.25. The van der Waals surface area contributed by atoms with Crippen molar-refractivity contribution in [2.45, 2.75) is 31.7 Å². The molecular formula is C10H12N2O2. The first kappa shape index (κ1) is 8.03. The van der Waals surface area contributed by atoms with Gasteiger partial charge in [0.15, 0.2) is 0 Å². The van der Waals surface area contributed by atoms with Gasteiger partial charge in [-0.05, 0) is 12.8 Å². The molecule has 1 saturated carbocycles. The third-order valence-electron chi connectivity index (χ3n) is 3.07. The normalized spacial score (nSPS) is 25.0. The minimum Gasteiger partial charge on any atom is -0.481 e. The lowest BCUT2D eigenvalue weighted by Gasteiger charge is -2.00. The fraction of sp³-hybridized carbons (Fsp3) is 0.600. The zero-order chi connectivity index (χ0) is 9.71. The molecule has 2 heterocycles. The summed E-state index contributed by atoms with van der Waals surface area (Å²) < 4.78 is 2.01. The zero-order valence-electron chi connectivity index (χ0n) is 7.81. The van der Waals surface area contributed by atoms with Gasteiger partial charge < -0.3 is 9.67 Å². The SMILES string of the molecule is O=C(O)C1Cc2nc(C3CC3)cn2C1. The number of carboxylic acids is 1. The first-order valence-corrected chi connectivity index (χ1v) is 5.03. The molecule has 0 aromatic carbocycles. The van der Waals surface area contributed by atoms with Crippen LogP contribution >= 0.6 is 0 Å². The van der Waals surface area contributed by atoms with Crippen molar-refractivity contribution in [1.29, 1.82) is 0 Å². The number of nitrogens with zero attached hydrogens (tertiary/aromatic N) is 2. The summed E-state index contributed by atoms with van der Waals surface area (Å²) in [5.74, 6) is 0.657. The summed E-state index contributed by atoms with van der Waals surface area (Å²) in [5, 5.41) is 8.85. The predicted octanol–water partition coefficient (Wildman–Crippen LogP) is 1.02. The van der Waals surface area contributed by atoms with Crippen molar-refractivity contribution in [3.8, 4) is 0 Å². The molecule has 1 aliphatic heterocycles. The monoisotopic (exact) mass is 192 g/mol. The lowest BCUT2D eigenvalue weighted by molar-refractivity contribution is -0.141. The van der Waals surface area contributed by atoms with Crippen LogP contribution in [0, 0.1) is 5.92 Å². The molecule has 0 spiro atoms. The highest BCUT2D eigenvalue weighted by molar-refractivity contribution is 5.70. The van der Waals surface area contributed by atoms with E-state index in [0.717, 1.165) is 5.82 Å². The van der Waals surface area contributed by atoms with Gasteiger partial charge in [0.1, 0.15) is 5.82 Å². The maximum atomic E-state index is 10.8. The van der Waals surface area contributed by atoms with E-state index in [2.05, 4.69) is 4.98 Å². The molecule has 74 valence electrons. The van der Waals surface area contributed by atoms with Gasteiger partial charge in [-0.15, -0.1) is 0 Å². The Bertz CT molecular complexity index is 369. The van der Waals surface area contributed by atoms with Crippen LogP contribution in [0.4, 0.5) is 0 Å². The topological polar surface area (TPSA) is 55.1 Å². The molecule has 14 heavy (non-hydrogen) atoms. The van der Waals surface area contributed by atoms with E-state index in [4.69, 9.17) is 5.11 Å². The largest absolute Gasteiger partial charge is 0.481 e. The molecule has 0 amide bonds. The summed E-state index contributed by atoms with van der Waals surface area (Å²) in [4.78, 5) is 15.2. The van der Waals surface area contributed by atoms with Gasteiger partial charge in [-0.25, -0.2) is 4.98 Å². The molecule has 4 heteroatoms. The van der Waals surface area contributed by atoms with Gasteiger partial charge in [0, 0.05) is 25.1 Å². The molecule has 1 aromatic heterocycles. The van der Waals surface area contributed by atoms with E-state index in [1.165, 1.54) is 18.5 Å². The molecule has 1 atom stereocenters. The van der Waals surface area contributed by atoms with Crippen molar-refractivity contribution < 1.29 is 9.90 Å². The van der Waals surface area contributed by atoms with Gasteiger partial charge in [-0.3, -0.25) is 4.79 Å². The number of fused-ring (bicyclic) bond motifs is 1. The Morgan fingerprint density at radius 2 is 2.36 bits per heavy atom. The van der Waals surface area contributed by atoms with Gasteiger partial charge in [0.05, 0.1) is 11.6 Å². The smallest absolute Gasteiger partial charge is 0.308 e. The molecule has 0 radical (unpaired) electrons. The molecule has 0 saturated heterocycles. The first-order valence-electron chi connectivity index (χ1n) is 5.03. The van der Waals surface area contributed by atoms with Crippen LogP contribution < -0.4 is 0 Å². The van der Waals surface area contributed by atoms with Crippen LogP contribution in [0.5, 0.6) is 0 Å². The highest BCUT2D eigenvalue weighted by Crippen LogP contribution is 2.40. The molecule has 3 rings (SSSR count). The highest BCUT2D eigenvalue weighted by Gasteiger charge is 2.32. The summed E-state index contributed by atoms with van der Waals surface area (Å²) in [6.45, 7) is 0.602. The number of aliphatic carboxylic acids is 1. The number of imidazole rings is 1. The first-order chi connectivity index (χ1) is 6.74. The Hall–Kier alpha value is -1.32.